The topological polar surface area (TPSA) is 60.2 Å². The Bertz CT molecular complexity index is 1010. The van der Waals surface area contributed by atoms with Crippen molar-refractivity contribution in [3.63, 3.8) is 0 Å². The molecule has 29 heavy (non-hydrogen) atoms. The standard InChI is InChI=1S/C24H30N4O/c1-25-22-6-4-5-18(24(22)26-2)23(29)14-16-7-8-21-19(13-16)20(15-27-21)17-9-11-28(3)12-10-17/h4-8,13,15,17,25-27H,9-12,14H2,1-3H3. The summed E-state index contributed by atoms with van der Waals surface area (Å²) in [7, 11) is 5.92. The number of hydrogen-bond acceptors (Lipinski definition) is 4. The summed E-state index contributed by atoms with van der Waals surface area (Å²) < 4.78 is 0. The molecule has 0 saturated carbocycles. The number of fused-ring (bicyclic) bond motifs is 1. The van der Waals surface area contributed by atoms with Crippen molar-refractivity contribution in [2.24, 2.45) is 0 Å². The van der Waals surface area contributed by atoms with Crippen LogP contribution < -0.4 is 10.6 Å². The number of Topliss-reactive ketones (excluding diaryl/α,β-unsaturated/α-hetero) is 1. The number of nitrogens with zero attached hydrogens (tertiary/aromatic N) is 1. The van der Waals surface area contributed by atoms with Gasteiger partial charge in [-0.2, -0.15) is 0 Å². The molecule has 0 spiro atoms. The van der Waals surface area contributed by atoms with Crippen LogP contribution in [-0.4, -0.2) is 49.9 Å². The van der Waals surface area contributed by atoms with E-state index in [1.165, 1.54) is 23.8 Å². The molecule has 0 radical (unpaired) electrons. The summed E-state index contributed by atoms with van der Waals surface area (Å²) >= 11 is 0. The molecule has 5 heteroatoms. The van der Waals surface area contributed by atoms with Crippen molar-refractivity contribution in [1.82, 2.24) is 9.88 Å². The molecule has 0 atom stereocenters. The van der Waals surface area contributed by atoms with Crippen molar-refractivity contribution in [3.05, 3.63) is 59.3 Å². The summed E-state index contributed by atoms with van der Waals surface area (Å²) in [6.07, 6.45) is 4.95. The molecule has 1 aliphatic rings. The van der Waals surface area contributed by atoms with Gasteiger partial charge in [0.25, 0.3) is 0 Å². The van der Waals surface area contributed by atoms with Crippen LogP contribution in [0.15, 0.2) is 42.6 Å². The van der Waals surface area contributed by atoms with E-state index in [1.807, 2.05) is 32.3 Å². The van der Waals surface area contributed by atoms with Gasteiger partial charge in [-0.05, 0) is 74.3 Å². The van der Waals surface area contributed by atoms with Crippen LogP contribution in [0.25, 0.3) is 10.9 Å². The molecule has 0 unspecified atom stereocenters. The fourth-order valence-corrected chi connectivity index (χ4v) is 4.50. The number of aromatic amines is 1. The molecule has 1 aromatic heterocycles. The van der Waals surface area contributed by atoms with Crippen molar-refractivity contribution in [3.8, 4) is 0 Å². The van der Waals surface area contributed by atoms with Crippen molar-refractivity contribution in [2.75, 3.05) is 44.9 Å². The monoisotopic (exact) mass is 390 g/mol. The zero-order chi connectivity index (χ0) is 20.4. The van der Waals surface area contributed by atoms with Gasteiger partial charge in [-0.1, -0.05) is 12.1 Å². The van der Waals surface area contributed by atoms with Crippen molar-refractivity contribution >= 4 is 28.1 Å². The molecule has 3 aromatic rings. The van der Waals surface area contributed by atoms with Gasteiger partial charge in [-0.25, -0.2) is 0 Å². The SMILES string of the molecule is CNc1cccc(C(=O)Cc2ccc3[nH]cc(C4CCN(C)CC4)c3c2)c1NC. The minimum absolute atomic E-state index is 0.127. The zero-order valence-electron chi connectivity index (χ0n) is 17.5. The Morgan fingerprint density at radius 3 is 2.66 bits per heavy atom. The minimum Gasteiger partial charge on any atom is -0.386 e. The summed E-state index contributed by atoms with van der Waals surface area (Å²) in [5.41, 5.74) is 6.13. The number of rotatable bonds is 6. The molecule has 2 aromatic carbocycles. The predicted octanol–water partition coefficient (Wildman–Crippen LogP) is 4.49. The van der Waals surface area contributed by atoms with Gasteiger partial charge in [-0.3, -0.25) is 4.79 Å². The molecule has 152 valence electrons. The number of aromatic nitrogens is 1. The molecule has 2 heterocycles. The van der Waals surface area contributed by atoms with E-state index in [0.717, 1.165) is 41.1 Å². The van der Waals surface area contributed by atoms with Crippen LogP contribution >= 0.6 is 0 Å². The van der Waals surface area contributed by atoms with Crippen LogP contribution in [0, 0.1) is 0 Å². The molecule has 1 fully saturated rings. The largest absolute Gasteiger partial charge is 0.386 e. The van der Waals surface area contributed by atoms with Gasteiger partial charge in [0.05, 0.1) is 11.4 Å². The molecule has 0 bridgehead atoms. The van der Waals surface area contributed by atoms with E-state index in [0.29, 0.717) is 12.3 Å². The van der Waals surface area contributed by atoms with Gasteiger partial charge < -0.3 is 20.5 Å². The Hall–Kier alpha value is -2.79. The normalized spacial score (nSPS) is 15.6. The van der Waals surface area contributed by atoms with Gasteiger partial charge in [0.2, 0.25) is 0 Å². The Morgan fingerprint density at radius 1 is 1.14 bits per heavy atom. The van der Waals surface area contributed by atoms with Crippen molar-refractivity contribution in [1.29, 1.82) is 0 Å². The number of piperidine rings is 1. The average molecular weight is 391 g/mol. The smallest absolute Gasteiger partial charge is 0.169 e. The van der Waals surface area contributed by atoms with Crippen molar-refractivity contribution in [2.45, 2.75) is 25.2 Å². The maximum Gasteiger partial charge on any atom is 0.169 e. The first-order chi connectivity index (χ1) is 14.1. The number of nitrogens with one attached hydrogen (secondary N) is 3. The van der Waals surface area contributed by atoms with E-state index >= 15 is 0 Å². The lowest BCUT2D eigenvalue weighted by atomic mass is 9.89. The molecule has 1 saturated heterocycles. The Kier molecular flexibility index (Phi) is 5.58. The van der Waals surface area contributed by atoms with Gasteiger partial charge in [-0.15, -0.1) is 0 Å². The van der Waals surface area contributed by atoms with Crippen molar-refractivity contribution < 1.29 is 4.79 Å². The quantitative estimate of drug-likeness (QED) is 0.543. The van der Waals surface area contributed by atoms with E-state index in [1.54, 1.807) is 0 Å². The number of ketones is 1. The number of benzene rings is 2. The van der Waals surface area contributed by atoms with Gasteiger partial charge in [0.15, 0.2) is 5.78 Å². The summed E-state index contributed by atoms with van der Waals surface area (Å²) in [6, 6.07) is 12.2. The summed E-state index contributed by atoms with van der Waals surface area (Å²) in [6.45, 7) is 2.29. The average Bonchev–Trinajstić information content (AvgIpc) is 3.16. The number of likely N-dealkylation sites (tertiary alicyclic amines) is 1. The first kappa shape index (κ1) is 19.5. The van der Waals surface area contributed by atoms with Gasteiger partial charge in [0, 0.05) is 43.2 Å². The van der Waals surface area contributed by atoms with Crippen LogP contribution in [0.3, 0.4) is 0 Å². The summed E-state index contributed by atoms with van der Waals surface area (Å²) in [5, 5.41) is 7.59. The maximum absolute atomic E-state index is 13.1. The fraction of sp³-hybridized carbons (Fsp3) is 0.375. The first-order valence-electron chi connectivity index (χ1n) is 10.4. The van der Waals surface area contributed by atoms with E-state index in [9.17, 15) is 4.79 Å². The lowest BCUT2D eigenvalue weighted by molar-refractivity contribution is 0.0994. The molecule has 0 amide bonds. The third kappa shape index (κ3) is 3.87. The minimum atomic E-state index is 0.127. The van der Waals surface area contributed by atoms with Crippen LogP contribution in [-0.2, 0) is 6.42 Å². The number of anilines is 2. The number of para-hydroxylation sites is 1. The van der Waals surface area contributed by atoms with Crippen LogP contribution in [0.4, 0.5) is 11.4 Å². The molecular formula is C24H30N4O. The van der Waals surface area contributed by atoms with E-state index in [-0.39, 0.29) is 5.78 Å². The molecule has 1 aliphatic heterocycles. The second-order valence-electron chi connectivity index (χ2n) is 8.03. The Morgan fingerprint density at radius 2 is 1.93 bits per heavy atom. The number of carbonyl (C=O) groups is 1. The second-order valence-corrected chi connectivity index (χ2v) is 8.03. The number of hydrogen-bond donors (Lipinski definition) is 3. The highest BCUT2D eigenvalue weighted by Gasteiger charge is 2.21. The third-order valence-electron chi connectivity index (χ3n) is 6.19. The summed E-state index contributed by atoms with van der Waals surface area (Å²) in [5.74, 6) is 0.719. The van der Waals surface area contributed by atoms with E-state index in [4.69, 9.17) is 0 Å². The lowest BCUT2D eigenvalue weighted by Crippen LogP contribution is -2.29. The predicted molar refractivity (Wildman–Crippen MR) is 121 cm³/mol. The molecular weight excluding hydrogens is 360 g/mol. The van der Waals surface area contributed by atoms with Gasteiger partial charge >= 0.3 is 0 Å². The maximum atomic E-state index is 13.1. The van der Waals surface area contributed by atoms with Gasteiger partial charge in [0.1, 0.15) is 0 Å². The van der Waals surface area contributed by atoms with E-state index in [2.05, 4.69) is 52.0 Å². The highest BCUT2D eigenvalue weighted by atomic mass is 16.1. The van der Waals surface area contributed by atoms with Crippen LogP contribution in [0.1, 0.15) is 40.2 Å². The Balaban J connectivity index is 1.60. The summed E-state index contributed by atoms with van der Waals surface area (Å²) in [4.78, 5) is 18.9. The third-order valence-corrected chi connectivity index (χ3v) is 6.19. The van der Waals surface area contributed by atoms with Crippen LogP contribution in [0.2, 0.25) is 0 Å². The zero-order valence-corrected chi connectivity index (χ0v) is 17.5. The second kappa shape index (κ2) is 8.29. The highest BCUT2D eigenvalue weighted by molar-refractivity contribution is 6.05. The Labute approximate surface area is 172 Å². The molecule has 4 rings (SSSR count). The number of carbonyl (C=O) groups excluding carboxylic acids is 1. The first-order valence-corrected chi connectivity index (χ1v) is 10.4. The lowest BCUT2D eigenvalue weighted by Gasteiger charge is -2.28. The molecule has 0 aliphatic carbocycles. The highest BCUT2D eigenvalue weighted by Crippen LogP contribution is 2.34. The van der Waals surface area contributed by atoms with E-state index < -0.39 is 0 Å². The fourth-order valence-electron chi connectivity index (χ4n) is 4.50. The number of H-pyrrole nitrogens is 1. The van der Waals surface area contributed by atoms with Crippen LogP contribution in [0.5, 0.6) is 0 Å². The molecule has 5 nitrogen and oxygen atoms in total. The molecule has 3 N–H and O–H groups in total.